The third-order valence-electron chi connectivity index (χ3n) is 4.69. The maximum absolute atomic E-state index is 12.9. The van der Waals surface area contributed by atoms with Gasteiger partial charge in [0.15, 0.2) is 10.8 Å². The number of aromatic nitrogens is 3. The average molecular weight is 425 g/mol. The zero-order valence-corrected chi connectivity index (χ0v) is 18.5. The summed E-state index contributed by atoms with van der Waals surface area (Å²) in [5.41, 5.74) is 1.57. The summed E-state index contributed by atoms with van der Waals surface area (Å²) in [6.45, 7) is 6.66. The number of benzene rings is 1. The molecule has 0 aliphatic heterocycles. The van der Waals surface area contributed by atoms with Gasteiger partial charge in [-0.3, -0.25) is 14.2 Å². The molecule has 0 aliphatic carbocycles. The van der Waals surface area contributed by atoms with Gasteiger partial charge in [-0.1, -0.05) is 55.9 Å². The van der Waals surface area contributed by atoms with E-state index in [4.69, 9.17) is 0 Å². The molecule has 2 heterocycles. The Hall–Kier alpha value is -2.67. The zero-order chi connectivity index (χ0) is 21.5. The second-order valence-corrected chi connectivity index (χ2v) is 8.80. The molecule has 6 nitrogen and oxygen atoms in total. The van der Waals surface area contributed by atoms with Crippen molar-refractivity contribution in [3.63, 3.8) is 0 Å². The maximum atomic E-state index is 12.9. The van der Waals surface area contributed by atoms with Crippen molar-refractivity contribution in [2.45, 2.75) is 51.4 Å². The fourth-order valence-electron chi connectivity index (χ4n) is 3.22. The quantitative estimate of drug-likeness (QED) is 0.419. The molecule has 0 saturated carbocycles. The molecular formula is C23H28N4O2S. The monoisotopic (exact) mass is 424 g/mol. The smallest absolute Gasteiger partial charge is 0.263 e. The van der Waals surface area contributed by atoms with Crippen molar-refractivity contribution in [1.29, 1.82) is 0 Å². The number of aryl methyl sites for hydroxylation is 1. The molecule has 30 heavy (non-hydrogen) atoms. The highest BCUT2D eigenvalue weighted by Crippen LogP contribution is 2.18. The standard InChI is InChI=1S/C23H28N4O2S/c1-16(2)14-27-22(29)19-10-7-13-24-21(19)26-23(27)30-15-20(28)25-17(3)11-12-18-8-5-4-6-9-18/h4-10,13,16-17H,11-12,14-15H2,1-3H3,(H,25,28)/t17-/m1/s1. The summed E-state index contributed by atoms with van der Waals surface area (Å²) in [6, 6.07) is 13.8. The summed E-state index contributed by atoms with van der Waals surface area (Å²) in [5, 5.41) is 4.08. The Labute approximate surface area is 181 Å². The lowest BCUT2D eigenvalue weighted by Crippen LogP contribution is -2.34. The lowest BCUT2D eigenvalue weighted by Gasteiger charge is -2.16. The van der Waals surface area contributed by atoms with Crippen LogP contribution >= 0.6 is 11.8 Å². The number of carbonyl (C=O) groups excluding carboxylic acids is 1. The Kier molecular flexibility index (Phi) is 7.63. The fraction of sp³-hybridized carbons (Fsp3) is 0.391. The van der Waals surface area contributed by atoms with E-state index in [0.29, 0.717) is 22.7 Å². The van der Waals surface area contributed by atoms with Crippen LogP contribution in [0.1, 0.15) is 32.8 Å². The first-order valence-corrected chi connectivity index (χ1v) is 11.2. The molecule has 2 aromatic heterocycles. The first kappa shape index (κ1) is 22.0. The van der Waals surface area contributed by atoms with E-state index in [1.165, 1.54) is 17.3 Å². The second kappa shape index (κ2) is 10.4. The van der Waals surface area contributed by atoms with Crippen molar-refractivity contribution in [3.05, 3.63) is 64.6 Å². The molecule has 158 valence electrons. The molecule has 1 aromatic carbocycles. The van der Waals surface area contributed by atoms with Gasteiger partial charge in [-0.2, -0.15) is 0 Å². The van der Waals surface area contributed by atoms with Crippen LogP contribution in [0.25, 0.3) is 11.0 Å². The first-order chi connectivity index (χ1) is 14.4. The molecule has 0 radical (unpaired) electrons. The van der Waals surface area contributed by atoms with Gasteiger partial charge in [0, 0.05) is 18.8 Å². The van der Waals surface area contributed by atoms with Crippen LogP contribution in [0.5, 0.6) is 0 Å². The Morgan fingerprint density at radius 1 is 1.13 bits per heavy atom. The molecule has 0 saturated heterocycles. The molecule has 0 aliphatic rings. The minimum atomic E-state index is -0.110. The predicted octanol–water partition coefficient (Wildman–Crippen LogP) is 3.68. The number of carbonyl (C=O) groups is 1. The summed E-state index contributed by atoms with van der Waals surface area (Å²) < 4.78 is 1.66. The first-order valence-electron chi connectivity index (χ1n) is 10.3. The van der Waals surface area contributed by atoms with Gasteiger partial charge in [0.05, 0.1) is 11.1 Å². The summed E-state index contributed by atoms with van der Waals surface area (Å²) >= 11 is 1.28. The molecule has 0 bridgehead atoms. The van der Waals surface area contributed by atoms with Gasteiger partial charge in [-0.25, -0.2) is 9.97 Å². The normalized spacial score (nSPS) is 12.3. The molecule has 1 atom stereocenters. The highest BCUT2D eigenvalue weighted by Gasteiger charge is 2.15. The summed E-state index contributed by atoms with van der Waals surface area (Å²) in [4.78, 5) is 34.1. The minimum Gasteiger partial charge on any atom is -0.353 e. The van der Waals surface area contributed by atoms with Crippen LogP contribution in [0.3, 0.4) is 0 Å². The van der Waals surface area contributed by atoms with Crippen LogP contribution < -0.4 is 10.9 Å². The Balaban J connectivity index is 1.64. The predicted molar refractivity (Wildman–Crippen MR) is 122 cm³/mol. The van der Waals surface area contributed by atoms with E-state index in [1.54, 1.807) is 22.9 Å². The molecule has 0 unspecified atom stereocenters. The van der Waals surface area contributed by atoms with Crippen LogP contribution in [0, 0.1) is 5.92 Å². The molecule has 1 N–H and O–H groups in total. The third kappa shape index (κ3) is 5.92. The van der Waals surface area contributed by atoms with Gasteiger partial charge in [-0.15, -0.1) is 0 Å². The summed E-state index contributed by atoms with van der Waals surface area (Å²) in [6.07, 6.45) is 3.41. The van der Waals surface area contributed by atoms with E-state index in [1.807, 2.05) is 25.1 Å². The zero-order valence-electron chi connectivity index (χ0n) is 17.7. The topological polar surface area (TPSA) is 76.9 Å². The minimum absolute atomic E-state index is 0.0629. The lowest BCUT2D eigenvalue weighted by atomic mass is 10.1. The van der Waals surface area contributed by atoms with Gasteiger partial charge in [0.1, 0.15) is 0 Å². The lowest BCUT2D eigenvalue weighted by molar-refractivity contribution is -0.119. The Bertz CT molecular complexity index is 1050. The number of hydrogen-bond donors (Lipinski definition) is 1. The van der Waals surface area contributed by atoms with E-state index in [9.17, 15) is 9.59 Å². The van der Waals surface area contributed by atoms with Crippen LogP contribution in [0.4, 0.5) is 0 Å². The molecule has 0 spiro atoms. The molecule has 0 fully saturated rings. The van der Waals surface area contributed by atoms with E-state index in [-0.39, 0.29) is 29.2 Å². The van der Waals surface area contributed by atoms with Crippen molar-refractivity contribution >= 4 is 28.7 Å². The highest BCUT2D eigenvalue weighted by molar-refractivity contribution is 7.99. The van der Waals surface area contributed by atoms with Crippen molar-refractivity contribution in [1.82, 2.24) is 19.9 Å². The van der Waals surface area contributed by atoms with Gasteiger partial charge in [0.25, 0.3) is 5.56 Å². The number of hydrogen-bond acceptors (Lipinski definition) is 5. The SMILES string of the molecule is CC(C)Cn1c(SCC(=O)N[C@H](C)CCc2ccccc2)nc2ncccc2c1=O. The van der Waals surface area contributed by atoms with E-state index in [0.717, 1.165) is 12.8 Å². The number of rotatable bonds is 9. The molecule has 1 amide bonds. The third-order valence-corrected chi connectivity index (χ3v) is 5.67. The number of pyridine rings is 1. The average Bonchev–Trinajstić information content (AvgIpc) is 2.73. The Morgan fingerprint density at radius 2 is 1.90 bits per heavy atom. The van der Waals surface area contributed by atoms with Crippen molar-refractivity contribution in [2.75, 3.05) is 5.75 Å². The van der Waals surface area contributed by atoms with Crippen LogP contribution in [0.2, 0.25) is 0 Å². The van der Waals surface area contributed by atoms with E-state index < -0.39 is 0 Å². The van der Waals surface area contributed by atoms with E-state index >= 15 is 0 Å². The summed E-state index contributed by atoms with van der Waals surface area (Å²) in [5.74, 6) is 0.426. The van der Waals surface area contributed by atoms with Gasteiger partial charge in [-0.05, 0) is 43.4 Å². The Morgan fingerprint density at radius 3 is 2.63 bits per heavy atom. The largest absolute Gasteiger partial charge is 0.353 e. The molecule has 7 heteroatoms. The van der Waals surface area contributed by atoms with Gasteiger partial charge < -0.3 is 5.32 Å². The number of nitrogens with one attached hydrogen (secondary N) is 1. The fourth-order valence-corrected chi connectivity index (χ4v) is 4.03. The van der Waals surface area contributed by atoms with Gasteiger partial charge >= 0.3 is 0 Å². The maximum Gasteiger partial charge on any atom is 0.263 e. The molecule has 3 rings (SSSR count). The van der Waals surface area contributed by atoms with Crippen LogP contribution in [-0.4, -0.2) is 32.2 Å². The molecular weight excluding hydrogens is 396 g/mol. The number of amides is 1. The number of thioether (sulfide) groups is 1. The van der Waals surface area contributed by atoms with Gasteiger partial charge in [0.2, 0.25) is 5.91 Å². The van der Waals surface area contributed by atoms with E-state index in [2.05, 4.69) is 41.3 Å². The van der Waals surface area contributed by atoms with Crippen LogP contribution in [0.15, 0.2) is 58.6 Å². The second-order valence-electron chi connectivity index (χ2n) is 7.86. The van der Waals surface area contributed by atoms with Crippen LogP contribution in [-0.2, 0) is 17.8 Å². The number of nitrogens with zero attached hydrogens (tertiary/aromatic N) is 3. The van der Waals surface area contributed by atoms with Crippen molar-refractivity contribution < 1.29 is 4.79 Å². The number of fused-ring (bicyclic) bond motifs is 1. The van der Waals surface area contributed by atoms with Crippen molar-refractivity contribution in [3.8, 4) is 0 Å². The molecule has 3 aromatic rings. The van der Waals surface area contributed by atoms with Crippen molar-refractivity contribution in [2.24, 2.45) is 5.92 Å². The summed E-state index contributed by atoms with van der Waals surface area (Å²) in [7, 11) is 0. The highest BCUT2D eigenvalue weighted by atomic mass is 32.2.